The van der Waals surface area contributed by atoms with Gasteiger partial charge in [-0.2, -0.15) is 4.80 Å². The molecule has 4 heterocycles. The summed E-state index contributed by atoms with van der Waals surface area (Å²) in [6, 6.07) is 4.68. The van der Waals surface area contributed by atoms with Gasteiger partial charge in [-0.25, -0.2) is 9.18 Å². The number of rotatable bonds is 5. The third-order valence-corrected chi connectivity index (χ3v) is 6.05. The molecule has 2 amide bonds. The summed E-state index contributed by atoms with van der Waals surface area (Å²) < 4.78 is 31.5. The Morgan fingerprint density at radius 2 is 2.18 bits per heavy atom. The second-order valence-electron chi connectivity index (χ2n) is 8.85. The van der Waals surface area contributed by atoms with Gasteiger partial charge in [-0.15, -0.1) is 10.2 Å². The SMILES string of the molecule is CC1(C)OC[C@@H](C(=O)N2CC=C(c3ccc(N4C[C@H](Cn5ncnn5)OC4=O)cc3F)CC2)O1. The molecule has 2 aromatic rings. The first kappa shape index (κ1) is 22.4. The Labute approximate surface area is 195 Å². The molecule has 11 nitrogen and oxygen atoms in total. The van der Waals surface area contributed by atoms with Gasteiger partial charge in [0.2, 0.25) is 0 Å². The van der Waals surface area contributed by atoms with Gasteiger partial charge in [-0.1, -0.05) is 6.08 Å². The number of nitrogens with zero attached hydrogens (tertiary/aromatic N) is 6. The first-order chi connectivity index (χ1) is 16.3. The van der Waals surface area contributed by atoms with Gasteiger partial charge in [-0.3, -0.25) is 9.69 Å². The van der Waals surface area contributed by atoms with E-state index in [4.69, 9.17) is 14.2 Å². The molecule has 0 N–H and O–H groups in total. The first-order valence-corrected chi connectivity index (χ1v) is 11.1. The Balaban J connectivity index is 1.23. The molecule has 12 heteroatoms. The molecule has 3 aliphatic heterocycles. The Hall–Kier alpha value is -3.38. The molecular formula is C22H25FN6O5. The van der Waals surface area contributed by atoms with Crippen LogP contribution in [0.25, 0.3) is 5.57 Å². The molecule has 0 aliphatic carbocycles. The predicted molar refractivity (Wildman–Crippen MR) is 116 cm³/mol. The van der Waals surface area contributed by atoms with Crippen molar-refractivity contribution in [2.75, 3.05) is 31.1 Å². The van der Waals surface area contributed by atoms with E-state index in [1.54, 1.807) is 30.9 Å². The second kappa shape index (κ2) is 8.76. The number of carbonyl (C=O) groups is 2. The highest BCUT2D eigenvalue weighted by Gasteiger charge is 2.39. The maximum Gasteiger partial charge on any atom is 0.414 e. The number of aromatic nitrogens is 4. The molecule has 180 valence electrons. The van der Waals surface area contributed by atoms with E-state index in [9.17, 15) is 9.59 Å². The van der Waals surface area contributed by atoms with E-state index in [-0.39, 0.29) is 25.6 Å². The Bertz CT molecular complexity index is 1120. The number of tetrazole rings is 1. The number of ether oxygens (including phenoxy) is 3. The van der Waals surface area contributed by atoms with Gasteiger partial charge >= 0.3 is 6.09 Å². The number of halogens is 1. The van der Waals surface area contributed by atoms with Gasteiger partial charge in [0.15, 0.2) is 18.2 Å². The van der Waals surface area contributed by atoms with Crippen LogP contribution in [0.2, 0.25) is 0 Å². The standard InChI is InChI=1S/C22H25FN6O5/c1-22(2)32-12-19(34-22)20(30)27-7-5-14(6-8-27)17-4-3-15(9-18(17)23)28-10-16(33-21(28)31)11-29-25-13-24-26-29/h3-5,9,13,16,19H,6-8,10-12H2,1-2H3/t16-,19+/m1/s1. The van der Waals surface area contributed by atoms with Crippen molar-refractivity contribution in [2.24, 2.45) is 0 Å². The van der Waals surface area contributed by atoms with Crippen LogP contribution in [-0.2, 0) is 25.5 Å². The molecule has 0 saturated carbocycles. The number of benzene rings is 1. The fourth-order valence-corrected chi connectivity index (χ4v) is 4.34. The molecule has 1 aromatic heterocycles. The zero-order chi connectivity index (χ0) is 23.9. The first-order valence-electron chi connectivity index (χ1n) is 11.1. The number of amides is 2. The van der Waals surface area contributed by atoms with Crippen molar-refractivity contribution in [1.29, 1.82) is 0 Å². The molecule has 2 atom stereocenters. The van der Waals surface area contributed by atoms with Gasteiger partial charge in [-0.05, 0) is 49.3 Å². The van der Waals surface area contributed by atoms with Crippen LogP contribution in [0.3, 0.4) is 0 Å². The van der Waals surface area contributed by atoms with Crippen LogP contribution >= 0.6 is 0 Å². The normalized spacial score (nSPS) is 24.3. The average molecular weight is 472 g/mol. The lowest BCUT2D eigenvalue weighted by atomic mass is 9.98. The summed E-state index contributed by atoms with van der Waals surface area (Å²) in [7, 11) is 0. The fraction of sp³-hybridized carbons (Fsp3) is 0.500. The number of carbonyl (C=O) groups excluding carboxylic acids is 2. The van der Waals surface area contributed by atoms with Crippen molar-refractivity contribution >= 4 is 23.3 Å². The Kier molecular flexibility index (Phi) is 5.78. The molecule has 2 saturated heterocycles. The van der Waals surface area contributed by atoms with Crippen molar-refractivity contribution in [3.8, 4) is 0 Å². The van der Waals surface area contributed by atoms with Gasteiger partial charge in [0.1, 0.15) is 18.5 Å². The highest BCUT2D eigenvalue weighted by molar-refractivity contribution is 5.90. The largest absolute Gasteiger partial charge is 0.442 e. The molecule has 5 rings (SSSR count). The summed E-state index contributed by atoms with van der Waals surface area (Å²) in [5, 5.41) is 11.3. The topological polar surface area (TPSA) is 112 Å². The maximum absolute atomic E-state index is 15.0. The Morgan fingerprint density at radius 3 is 2.82 bits per heavy atom. The van der Waals surface area contributed by atoms with E-state index in [2.05, 4.69) is 15.4 Å². The van der Waals surface area contributed by atoms with Crippen molar-refractivity contribution in [2.45, 2.75) is 44.8 Å². The highest BCUT2D eigenvalue weighted by Crippen LogP contribution is 2.31. The van der Waals surface area contributed by atoms with Crippen molar-refractivity contribution in [3.05, 3.63) is 42.0 Å². The molecule has 2 fully saturated rings. The molecule has 0 unspecified atom stereocenters. The minimum Gasteiger partial charge on any atom is -0.442 e. The average Bonchev–Trinajstić information content (AvgIpc) is 3.54. The minimum absolute atomic E-state index is 0.125. The van der Waals surface area contributed by atoms with E-state index in [1.165, 1.54) is 22.1 Å². The predicted octanol–water partition coefficient (Wildman–Crippen LogP) is 1.60. The summed E-state index contributed by atoms with van der Waals surface area (Å²) in [6.45, 7) is 5.12. The summed E-state index contributed by atoms with van der Waals surface area (Å²) >= 11 is 0. The summed E-state index contributed by atoms with van der Waals surface area (Å²) in [5.74, 6) is -1.33. The van der Waals surface area contributed by atoms with Crippen LogP contribution in [0.15, 0.2) is 30.6 Å². The van der Waals surface area contributed by atoms with E-state index in [0.717, 1.165) is 5.57 Å². The minimum atomic E-state index is -0.767. The van der Waals surface area contributed by atoms with Crippen molar-refractivity contribution < 1.29 is 28.2 Å². The summed E-state index contributed by atoms with van der Waals surface area (Å²) in [5.41, 5.74) is 1.68. The van der Waals surface area contributed by atoms with E-state index in [1.807, 2.05) is 6.08 Å². The fourth-order valence-electron chi connectivity index (χ4n) is 4.34. The third kappa shape index (κ3) is 4.50. The maximum atomic E-state index is 15.0. The number of cyclic esters (lactones) is 1. The van der Waals surface area contributed by atoms with E-state index < -0.39 is 29.9 Å². The molecule has 0 radical (unpaired) electrons. The van der Waals surface area contributed by atoms with Crippen LogP contribution in [0.1, 0.15) is 25.8 Å². The summed E-state index contributed by atoms with van der Waals surface area (Å²) in [6.07, 6.45) is 2.03. The van der Waals surface area contributed by atoms with Gasteiger partial charge < -0.3 is 19.1 Å². The van der Waals surface area contributed by atoms with E-state index >= 15 is 4.39 Å². The van der Waals surface area contributed by atoms with Crippen LogP contribution < -0.4 is 4.90 Å². The van der Waals surface area contributed by atoms with Crippen molar-refractivity contribution in [1.82, 2.24) is 25.1 Å². The molecule has 3 aliphatic rings. The Morgan fingerprint density at radius 1 is 1.32 bits per heavy atom. The number of hydrogen-bond acceptors (Lipinski definition) is 8. The van der Waals surface area contributed by atoms with Crippen LogP contribution in [-0.4, -0.2) is 81.3 Å². The molecule has 1 aromatic carbocycles. The molecule has 0 bridgehead atoms. The smallest absolute Gasteiger partial charge is 0.414 e. The molecular weight excluding hydrogens is 447 g/mol. The lowest BCUT2D eigenvalue weighted by molar-refractivity contribution is -0.159. The third-order valence-electron chi connectivity index (χ3n) is 6.05. The van der Waals surface area contributed by atoms with Crippen LogP contribution in [0, 0.1) is 5.82 Å². The number of anilines is 1. The van der Waals surface area contributed by atoms with Gasteiger partial charge in [0, 0.05) is 18.7 Å². The lowest BCUT2D eigenvalue weighted by Crippen LogP contribution is -2.43. The van der Waals surface area contributed by atoms with Crippen LogP contribution in [0.4, 0.5) is 14.9 Å². The highest BCUT2D eigenvalue weighted by atomic mass is 19.1. The van der Waals surface area contributed by atoms with E-state index in [0.29, 0.717) is 30.8 Å². The van der Waals surface area contributed by atoms with Crippen molar-refractivity contribution in [3.63, 3.8) is 0 Å². The molecule has 34 heavy (non-hydrogen) atoms. The number of hydrogen-bond donors (Lipinski definition) is 0. The summed E-state index contributed by atoms with van der Waals surface area (Å²) in [4.78, 5) is 29.4. The zero-order valence-electron chi connectivity index (χ0n) is 18.9. The van der Waals surface area contributed by atoms with Crippen LogP contribution in [0.5, 0.6) is 0 Å². The lowest BCUT2D eigenvalue weighted by Gasteiger charge is -2.29. The van der Waals surface area contributed by atoms with Gasteiger partial charge in [0.25, 0.3) is 5.91 Å². The quantitative estimate of drug-likeness (QED) is 0.645. The zero-order valence-corrected chi connectivity index (χ0v) is 18.9. The monoisotopic (exact) mass is 472 g/mol. The van der Waals surface area contributed by atoms with Gasteiger partial charge in [0.05, 0.1) is 18.8 Å². The second-order valence-corrected chi connectivity index (χ2v) is 8.85. The molecule has 0 spiro atoms.